The van der Waals surface area contributed by atoms with E-state index in [2.05, 4.69) is 20.0 Å². The van der Waals surface area contributed by atoms with E-state index in [0.717, 1.165) is 21.3 Å². The van der Waals surface area contributed by atoms with E-state index in [1.807, 2.05) is 26.8 Å². The quantitative estimate of drug-likeness (QED) is 0.509. The summed E-state index contributed by atoms with van der Waals surface area (Å²) in [6, 6.07) is 6.99. The summed E-state index contributed by atoms with van der Waals surface area (Å²) in [4.78, 5) is 9.60. The van der Waals surface area contributed by atoms with Gasteiger partial charge in [-0.15, -0.1) is 0 Å². The van der Waals surface area contributed by atoms with Crippen molar-refractivity contribution in [3.05, 3.63) is 41.7 Å². The number of thiazole rings is 1. The third-order valence-corrected chi connectivity index (χ3v) is 6.94. The van der Waals surface area contributed by atoms with Gasteiger partial charge in [-0.05, 0) is 57.5 Å². The highest BCUT2D eigenvalue weighted by Crippen LogP contribution is 2.37. The lowest BCUT2D eigenvalue weighted by atomic mass is 10.1. The number of aryl methyl sites for hydroxylation is 2. The number of hydrogen-bond donors (Lipinski definition) is 2. The fourth-order valence-electron chi connectivity index (χ4n) is 3.04. The Balaban J connectivity index is 2.00. The highest BCUT2D eigenvalue weighted by atomic mass is 32.2. The van der Waals surface area contributed by atoms with Crippen molar-refractivity contribution in [1.29, 1.82) is 0 Å². The number of anilines is 2. The maximum atomic E-state index is 13.2. The third-order valence-electron chi connectivity index (χ3n) is 4.40. The molecule has 0 saturated heterocycles. The van der Waals surface area contributed by atoms with Crippen LogP contribution in [0.25, 0.3) is 10.4 Å². The number of nitrogens with zero attached hydrogens (tertiary/aromatic N) is 2. The minimum absolute atomic E-state index is 0.0344. The molecule has 31 heavy (non-hydrogen) atoms. The minimum Gasteiger partial charge on any atom is -0.495 e. The smallest absolute Gasteiger partial charge is 0.265 e. The maximum absolute atomic E-state index is 13.2. The van der Waals surface area contributed by atoms with Crippen LogP contribution in [0.5, 0.6) is 11.6 Å². The Bertz CT molecular complexity index is 1190. The zero-order chi connectivity index (χ0) is 22.8. The van der Waals surface area contributed by atoms with Crippen molar-refractivity contribution < 1.29 is 17.9 Å². The van der Waals surface area contributed by atoms with Crippen LogP contribution in [0.1, 0.15) is 25.1 Å². The standard InChI is InChI=1S/C21H26N4O4S2/c1-12(2)23-21-24-14(4)19(30-21)15-7-8-17(28-5)18(10-15)31(26,27)25-16-9-13(3)20(29-6)22-11-16/h7-12,25H,1-6H3,(H,23,24). The molecule has 0 amide bonds. The first kappa shape index (κ1) is 22.8. The fourth-order valence-corrected chi connectivity index (χ4v) is 5.38. The van der Waals surface area contributed by atoms with Gasteiger partial charge in [0, 0.05) is 11.6 Å². The zero-order valence-corrected chi connectivity index (χ0v) is 19.9. The number of methoxy groups -OCH3 is 2. The molecule has 0 spiro atoms. The van der Waals surface area contributed by atoms with E-state index in [9.17, 15) is 8.42 Å². The average molecular weight is 463 g/mol. The van der Waals surface area contributed by atoms with Crippen LogP contribution in [-0.4, -0.2) is 38.6 Å². The Morgan fingerprint density at radius 3 is 2.45 bits per heavy atom. The Morgan fingerprint density at radius 1 is 1.10 bits per heavy atom. The summed E-state index contributed by atoms with van der Waals surface area (Å²) in [5, 5.41) is 4.08. The zero-order valence-electron chi connectivity index (χ0n) is 18.3. The van der Waals surface area contributed by atoms with Gasteiger partial charge in [-0.2, -0.15) is 0 Å². The first-order chi connectivity index (χ1) is 14.6. The molecule has 0 fully saturated rings. The molecule has 0 aliphatic carbocycles. The summed E-state index contributed by atoms with van der Waals surface area (Å²) >= 11 is 1.48. The van der Waals surface area contributed by atoms with Gasteiger partial charge in [0.1, 0.15) is 10.6 Å². The van der Waals surface area contributed by atoms with Gasteiger partial charge in [0.25, 0.3) is 10.0 Å². The molecule has 166 valence electrons. The van der Waals surface area contributed by atoms with Crippen LogP contribution >= 0.6 is 11.3 Å². The van der Waals surface area contributed by atoms with Gasteiger partial charge in [0.2, 0.25) is 5.88 Å². The molecule has 0 aliphatic rings. The molecule has 0 saturated carbocycles. The second kappa shape index (κ2) is 9.11. The van der Waals surface area contributed by atoms with E-state index in [0.29, 0.717) is 17.1 Å². The van der Waals surface area contributed by atoms with Crippen LogP contribution in [0.3, 0.4) is 0 Å². The topological polar surface area (TPSA) is 102 Å². The molecule has 0 unspecified atom stereocenters. The molecular weight excluding hydrogens is 436 g/mol. The number of pyridine rings is 1. The van der Waals surface area contributed by atoms with Crippen molar-refractivity contribution in [1.82, 2.24) is 9.97 Å². The van der Waals surface area contributed by atoms with E-state index in [4.69, 9.17) is 9.47 Å². The Morgan fingerprint density at radius 2 is 1.84 bits per heavy atom. The lowest BCUT2D eigenvalue weighted by Gasteiger charge is -2.14. The predicted octanol–water partition coefficient (Wildman–Crippen LogP) is 4.46. The predicted molar refractivity (Wildman–Crippen MR) is 124 cm³/mol. The summed E-state index contributed by atoms with van der Waals surface area (Å²) in [6.07, 6.45) is 1.41. The molecular formula is C21H26N4O4S2. The average Bonchev–Trinajstić information content (AvgIpc) is 3.06. The Hall–Kier alpha value is -2.85. The van der Waals surface area contributed by atoms with Crippen LogP contribution in [0.15, 0.2) is 35.4 Å². The maximum Gasteiger partial charge on any atom is 0.265 e. The number of sulfonamides is 1. The van der Waals surface area contributed by atoms with Crippen LogP contribution in [0, 0.1) is 13.8 Å². The van der Waals surface area contributed by atoms with Gasteiger partial charge in [-0.1, -0.05) is 11.3 Å². The monoisotopic (exact) mass is 462 g/mol. The van der Waals surface area contributed by atoms with E-state index in [1.165, 1.54) is 31.8 Å². The largest absolute Gasteiger partial charge is 0.495 e. The minimum atomic E-state index is -3.94. The highest BCUT2D eigenvalue weighted by molar-refractivity contribution is 7.92. The van der Waals surface area contributed by atoms with Crippen molar-refractivity contribution in [2.75, 3.05) is 24.3 Å². The second-order valence-corrected chi connectivity index (χ2v) is 9.90. The fraction of sp³-hybridized carbons (Fsp3) is 0.333. The molecule has 2 aromatic heterocycles. The first-order valence-corrected chi connectivity index (χ1v) is 11.9. The van der Waals surface area contributed by atoms with Crippen molar-refractivity contribution >= 4 is 32.2 Å². The molecule has 1 aromatic carbocycles. The molecule has 2 heterocycles. The van der Waals surface area contributed by atoms with Gasteiger partial charge in [0.15, 0.2) is 5.13 Å². The second-order valence-electron chi connectivity index (χ2n) is 7.25. The normalized spacial score (nSPS) is 11.5. The number of rotatable bonds is 8. The number of aromatic nitrogens is 2. The molecule has 3 aromatic rings. The van der Waals surface area contributed by atoms with Crippen LogP contribution in [-0.2, 0) is 10.0 Å². The molecule has 8 nitrogen and oxygen atoms in total. The van der Waals surface area contributed by atoms with Crippen molar-refractivity contribution in [2.24, 2.45) is 0 Å². The van der Waals surface area contributed by atoms with Crippen molar-refractivity contribution in [3.8, 4) is 22.1 Å². The van der Waals surface area contributed by atoms with Gasteiger partial charge in [-0.3, -0.25) is 4.72 Å². The van der Waals surface area contributed by atoms with Crippen LogP contribution < -0.4 is 19.5 Å². The van der Waals surface area contributed by atoms with Crippen LogP contribution in [0.2, 0.25) is 0 Å². The third kappa shape index (κ3) is 5.08. The molecule has 0 atom stereocenters. The molecule has 2 N–H and O–H groups in total. The lowest BCUT2D eigenvalue weighted by molar-refractivity contribution is 0.394. The number of hydrogen-bond acceptors (Lipinski definition) is 8. The molecule has 10 heteroatoms. The summed E-state index contributed by atoms with van der Waals surface area (Å²) in [6.45, 7) is 7.77. The summed E-state index contributed by atoms with van der Waals surface area (Å²) in [5.41, 5.74) is 2.62. The SMILES string of the molecule is COc1ccc(-c2sc(NC(C)C)nc2C)cc1S(=O)(=O)Nc1cnc(OC)c(C)c1. The first-order valence-electron chi connectivity index (χ1n) is 9.60. The summed E-state index contributed by atoms with van der Waals surface area (Å²) in [7, 11) is -0.982. The van der Waals surface area contributed by atoms with E-state index >= 15 is 0 Å². The van der Waals surface area contributed by atoms with Gasteiger partial charge < -0.3 is 14.8 Å². The molecule has 0 aliphatic heterocycles. The molecule has 3 rings (SSSR count). The van der Waals surface area contributed by atoms with Gasteiger partial charge in [0.05, 0.1) is 36.7 Å². The Kier molecular flexibility index (Phi) is 6.71. The number of ether oxygens (including phenoxy) is 2. The summed E-state index contributed by atoms with van der Waals surface area (Å²) < 4.78 is 39.4. The van der Waals surface area contributed by atoms with Crippen LogP contribution in [0.4, 0.5) is 10.8 Å². The van der Waals surface area contributed by atoms with E-state index in [-0.39, 0.29) is 16.7 Å². The summed E-state index contributed by atoms with van der Waals surface area (Å²) in [5.74, 6) is 0.686. The lowest BCUT2D eigenvalue weighted by Crippen LogP contribution is -2.14. The van der Waals surface area contributed by atoms with Crippen molar-refractivity contribution in [3.63, 3.8) is 0 Å². The van der Waals surface area contributed by atoms with Crippen molar-refractivity contribution in [2.45, 2.75) is 38.6 Å². The van der Waals surface area contributed by atoms with Gasteiger partial charge in [-0.25, -0.2) is 18.4 Å². The van der Waals surface area contributed by atoms with E-state index in [1.54, 1.807) is 25.1 Å². The molecule has 0 bridgehead atoms. The Labute approximate surface area is 186 Å². The highest BCUT2D eigenvalue weighted by Gasteiger charge is 2.22. The van der Waals surface area contributed by atoms with Gasteiger partial charge >= 0.3 is 0 Å². The van der Waals surface area contributed by atoms with E-state index < -0.39 is 10.0 Å². The number of nitrogens with one attached hydrogen (secondary N) is 2. The molecule has 0 radical (unpaired) electrons. The number of benzene rings is 1.